The van der Waals surface area contributed by atoms with Gasteiger partial charge in [0.25, 0.3) is 0 Å². The molecule has 0 spiro atoms. The topological polar surface area (TPSA) is 49.7 Å². The van der Waals surface area contributed by atoms with E-state index in [0.717, 1.165) is 0 Å². The van der Waals surface area contributed by atoms with Gasteiger partial charge in [-0.1, -0.05) is 5.73 Å². The van der Waals surface area contributed by atoms with E-state index in [9.17, 15) is 18.3 Å². The Balaban J connectivity index is 2.97. The number of aliphatic hydroxyl groups excluding tert-OH is 2. The fourth-order valence-electron chi connectivity index (χ4n) is 1.48. The van der Waals surface area contributed by atoms with Gasteiger partial charge in [0.15, 0.2) is 5.67 Å². The second-order valence-electron chi connectivity index (χ2n) is 3.32. The lowest BCUT2D eigenvalue weighted by Crippen LogP contribution is -2.43. The molecule has 2 N–H and O–H groups in total. The van der Waals surface area contributed by atoms with Crippen LogP contribution in [0.5, 0.6) is 0 Å². The zero-order valence-electron chi connectivity index (χ0n) is 7.95. The molecule has 1 unspecified atom stereocenters. The summed E-state index contributed by atoms with van der Waals surface area (Å²) >= 11 is 0. The second kappa shape index (κ2) is 4.41. The van der Waals surface area contributed by atoms with E-state index in [2.05, 4.69) is 0 Å². The lowest BCUT2D eigenvalue weighted by Gasteiger charge is -2.21. The maximum atomic E-state index is 13.9. The molecule has 0 bridgehead atoms. The fraction of sp³-hybridized carbons (Fsp3) is 0.625. The first-order valence-electron chi connectivity index (χ1n) is 4.34. The van der Waals surface area contributed by atoms with Crippen LogP contribution < -0.4 is 0 Å². The number of halogens is 3. The van der Waals surface area contributed by atoms with Crippen LogP contribution in [0.3, 0.4) is 0 Å². The maximum Gasteiger partial charge on any atom is 0.312 e. The molecule has 0 radical (unpaired) electrons. The van der Waals surface area contributed by atoms with Crippen molar-refractivity contribution in [2.24, 2.45) is 0 Å². The Morgan fingerprint density at radius 3 is 2.60 bits per heavy atom. The number of hydrogen-bond donors (Lipinski definition) is 2. The fourth-order valence-corrected chi connectivity index (χ4v) is 1.48. The Labute approximate surface area is 85.3 Å². The highest BCUT2D eigenvalue weighted by atomic mass is 19.3. The molecule has 1 fully saturated rings. The van der Waals surface area contributed by atoms with E-state index in [4.69, 9.17) is 9.84 Å². The first-order chi connectivity index (χ1) is 6.91. The molecule has 1 saturated heterocycles. The Kier molecular flexibility index (Phi) is 3.62. The number of rotatable bonds is 2. The lowest BCUT2D eigenvalue weighted by atomic mass is 9.82. The normalized spacial score (nSPS) is 39.9. The SMILES string of the molecule is B[C@@H]1O[C@H](CO)C(O)[C@]1(F)C=C=C(F)F. The Morgan fingerprint density at radius 1 is 1.60 bits per heavy atom. The van der Waals surface area contributed by atoms with E-state index in [1.807, 2.05) is 0 Å². The van der Waals surface area contributed by atoms with E-state index < -0.39 is 36.6 Å². The van der Waals surface area contributed by atoms with Crippen molar-refractivity contribution >= 4 is 7.85 Å². The van der Waals surface area contributed by atoms with Gasteiger partial charge in [-0.15, -0.1) is 0 Å². The van der Waals surface area contributed by atoms with E-state index in [0.29, 0.717) is 6.08 Å². The third-order valence-corrected chi connectivity index (χ3v) is 2.39. The van der Waals surface area contributed by atoms with E-state index >= 15 is 0 Å². The van der Waals surface area contributed by atoms with Crippen molar-refractivity contribution in [1.29, 1.82) is 0 Å². The number of aliphatic hydroxyl groups is 2. The molecule has 7 heteroatoms. The summed E-state index contributed by atoms with van der Waals surface area (Å²) in [6.07, 6.45) is -4.53. The monoisotopic (exact) mass is 222 g/mol. The van der Waals surface area contributed by atoms with Gasteiger partial charge in [-0.2, -0.15) is 8.78 Å². The first-order valence-corrected chi connectivity index (χ1v) is 4.34. The van der Waals surface area contributed by atoms with Gasteiger partial charge >= 0.3 is 6.08 Å². The van der Waals surface area contributed by atoms with Crippen molar-refractivity contribution < 1.29 is 28.1 Å². The van der Waals surface area contributed by atoms with Gasteiger partial charge in [-0.05, 0) is 0 Å². The minimum absolute atomic E-state index is 0.438. The summed E-state index contributed by atoms with van der Waals surface area (Å²) in [7, 11) is 1.28. The highest BCUT2D eigenvalue weighted by Gasteiger charge is 2.53. The minimum Gasteiger partial charge on any atom is -0.394 e. The molecule has 3 nitrogen and oxygen atoms in total. The molecular weight excluding hydrogens is 212 g/mol. The van der Waals surface area contributed by atoms with E-state index in [1.165, 1.54) is 13.6 Å². The average molecular weight is 222 g/mol. The van der Waals surface area contributed by atoms with Gasteiger partial charge in [-0.25, -0.2) is 4.39 Å². The molecule has 15 heavy (non-hydrogen) atoms. The van der Waals surface area contributed by atoms with Crippen LogP contribution in [0.4, 0.5) is 13.2 Å². The Bertz CT molecular complexity index is 302. The van der Waals surface area contributed by atoms with Crippen LogP contribution in [0.1, 0.15) is 0 Å². The van der Waals surface area contributed by atoms with Crippen molar-refractivity contribution in [3.63, 3.8) is 0 Å². The molecule has 0 amide bonds. The molecular formula is C8H10BF3O3. The standard InChI is InChI=1S/C8H10BF3O3/c9-7-8(12,2-1-5(10)11)6(14)4(3-13)15-7/h2,4,6-7,13-14H,3,9H2/t4-,6?,7-,8-/m1/s1. The summed E-state index contributed by atoms with van der Waals surface area (Å²) in [6.45, 7) is -0.577. The molecule has 1 heterocycles. The summed E-state index contributed by atoms with van der Waals surface area (Å²) in [5.74, 6) is 0. The van der Waals surface area contributed by atoms with Crippen LogP contribution in [-0.2, 0) is 4.74 Å². The van der Waals surface area contributed by atoms with Crippen LogP contribution in [-0.4, -0.2) is 48.5 Å². The predicted octanol–water partition coefficient (Wildman–Crippen LogP) is -0.659. The van der Waals surface area contributed by atoms with Crippen molar-refractivity contribution in [2.75, 3.05) is 6.61 Å². The van der Waals surface area contributed by atoms with Crippen LogP contribution in [0.2, 0.25) is 0 Å². The number of hydrogen-bond acceptors (Lipinski definition) is 3. The van der Waals surface area contributed by atoms with Crippen molar-refractivity contribution in [3.05, 3.63) is 17.9 Å². The summed E-state index contributed by atoms with van der Waals surface area (Å²) in [6, 6.07) is -1.11. The molecule has 1 rings (SSSR count). The Hall–Kier alpha value is -0.745. The zero-order valence-corrected chi connectivity index (χ0v) is 7.95. The van der Waals surface area contributed by atoms with Gasteiger partial charge < -0.3 is 14.9 Å². The van der Waals surface area contributed by atoms with Crippen molar-refractivity contribution in [1.82, 2.24) is 0 Å². The minimum atomic E-state index is -2.45. The van der Waals surface area contributed by atoms with Crippen molar-refractivity contribution in [3.8, 4) is 0 Å². The summed E-state index contributed by atoms with van der Waals surface area (Å²) in [5, 5.41) is 18.1. The second-order valence-corrected chi connectivity index (χ2v) is 3.32. The quantitative estimate of drug-likeness (QED) is 0.481. The molecule has 4 atom stereocenters. The van der Waals surface area contributed by atoms with Crippen LogP contribution in [0, 0.1) is 0 Å². The summed E-state index contributed by atoms with van der Waals surface area (Å²) in [5.41, 5.74) is -1.05. The van der Waals surface area contributed by atoms with Gasteiger partial charge in [0.1, 0.15) is 20.1 Å². The molecule has 84 valence electrons. The number of ether oxygens (including phenoxy) is 1. The van der Waals surface area contributed by atoms with Gasteiger partial charge in [-0.3, -0.25) is 0 Å². The van der Waals surface area contributed by atoms with Gasteiger partial charge in [0.2, 0.25) is 0 Å². The molecule has 0 aliphatic carbocycles. The first kappa shape index (κ1) is 12.3. The largest absolute Gasteiger partial charge is 0.394 e. The molecule has 0 saturated carbocycles. The van der Waals surface area contributed by atoms with Crippen LogP contribution in [0.15, 0.2) is 17.9 Å². The molecule has 0 aromatic rings. The molecule has 1 aliphatic heterocycles. The highest BCUT2D eigenvalue weighted by Crippen LogP contribution is 2.34. The molecule has 0 aromatic carbocycles. The highest BCUT2D eigenvalue weighted by molar-refractivity contribution is 6.12. The van der Waals surface area contributed by atoms with E-state index in [-0.39, 0.29) is 0 Å². The third-order valence-electron chi connectivity index (χ3n) is 2.39. The Morgan fingerprint density at radius 2 is 2.20 bits per heavy atom. The van der Waals surface area contributed by atoms with Gasteiger partial charge in [0, 0.05) is 6.08 Å². The predicted molar refractivity (Wildman–Crippen MR) is 47.9 cm³/mol. The van der Waals surface area contributed by atoms with Gasteiger partial charge in [0.05, 0.1) is 12.6 Å². The lowest BCUT2D eigenvalue weighted by molar-refractivity contribution is -0.00856. The van der Waals surface area contributed by atoms with E-state index in [1.54, 1.807) is 0 Å². The number of alkyl halides is 1. The summed E-state index contributed by atoms with van der Waals surface area (Å²) in [4.78, 5) is 0. The smallest absolute Gasteiger partial charge is 0.312 e. The zero-order chi connectivity index (χ0) is 11.6. The summed E-state index contributed by atoms with van der Waals surface area (Å²) < 4.78 is 42.3. The van der Waals surface area contributed by atoms with Crippen LogP contribution in [0.25, 0.3) is 0 Å². The molecule has 1 aliphatic rings. The average Bonchev–Trinajstić information content (AvgIpc) is 2.40. The van der Waals surface area contributed by atoms with Crippen LogP contribution >= 0.6 is 0 Å². The molecule has 0 aromatic heterocycles. The maximum absolute atomic E-state index is 13.9. The third kappa shape index (κ3) is 2.26. The van der Waals surface area contributed by atoms with Crippen molar-refractivity contribution in [2.45, 2.75) is 23.9 Å².